The number of carbonyl (C=O) groups excluding carboxylic acids is 2. The summed E-state index contributed by atoms with van der Waals surface area (Å²) in [4.78, 5) is 38.5. The number of carbonyl (C=O) groups is 2. The molecule has 43 heavy (non-hydrogen) atoms. The normalized spacial score (nSPS) is 11.8. The number of benzene rings is 3. The van der Waals surface area contributed by atoms with Gasteiger partial charge in [0, 0.05) is 30.3 Å². The number of nitrogens with zero attached hydrogens (tertiary/aromatic N) is 3. The largest absolute Gasteiger partial charge is 0.497 e. The number of amides is 2. The average molecular weight is 615 g/mol. The molecular weight excluding hydrogens is 579 g/mol. The number of aryl methyl sites for hydroxylation is 1. The van der Waals surface area contributed by atoms with Gasteiger partial charge in [-0.3, -0.25) is 24.0 Å². The number of unbranched alkanes of at least 4 members (excludes halogenated alkanes) is 1. The van der Waals surface area contributed by atoms with Crippen molar-refractivity contribution in [1.82, 2.24) is 10.2 Å². The quantitative estimate of drug-likeness (QED) is 0.159. The molecule has 230 valence electrons. The molecule has 0 aliphatic carbocycles. The third-order valence-electron chi connectivity index (χ3n) is 6.90. The number of nitro groups is 1. The van der Waals surface area contributed by atoms with Crippen LogP contribution in [-0.2, 0) is 26.2 Å². The Bertz CT molecular complexity index is 1560. The fourth-order valence-electron chi connectivity index (χ4n) is 4.28. The molecule has 0 aliphatic rings. The lowest BCUT2D eigenvalue weighted by molar-refractivity contribution is -0.385. The van der Waals surface area contributed by atoms with Gasteiger partial charge in [-0.15, -0.1) is 0 Å². The topological polar surface area (TPSA) is 139 Å². The second kappa shape index (κ2) is 14.6. The van der Waals surface area contributed by atoms with E-state index in [9.17, 15) is 32.5 Å². The van der Waals surface area contributed by atoms with E-state index in [1.165, 1.54) is 75.6 Å². The van der Waals surface area contributed by atoms with Crippen molar-refractivity contribution in [1.29, 1.82) is 0 Å². The van der Waals surface area contributed by atoms with E-state index < -0.39 is 55.7 Å². The smallest absolute Gasteiger partial charge is 0.273 e. The lowest BCUT2D eigenvalue weighted by atomic mass is 10.1. The van der Waals surface area contributed by atoms with Crippen LogP contribution in [0.4, 0.5) is 15.8 Å². The van der Waals surface area contributed by atoms with Crippen LogP contribution in [0.15, 0.2) is 71.6 Å². The van der Waals surface area contributed by atoms with Gasteiger partial charge in [0.15, 0.2) is 0 Å². The molecule has 0 saturated heterocycles. The van der Waals surface area contributed by atoms with Gasteiger partial charge in [0.25, 0.3) is 15.7 Å². The van der Waals surface area contributed by atoms with Gasteiger partial charge in [0.05, 0.1) is 22.6 Å². The maximum atomic E-state index is 14.7. The van der Waals surface area contributed by atoms with Gasteiger partial charge in [0.1, 0.15) is 24.2 Å². The lowest BCUT2D eigenvalue weighted by Gasteiger charge is -2.32. The fraction of sp³-hybridized carbons (Fsp3) is 0.333. The van der Waals surface area contributed by atoms with Gasteiger partial charge >= 0.3 is 0 Å². The standard InChI is InChI=1S/C30H35FN4O7S/c1-5-6-17-32-30(37)22(3)33(19-23-9-7-8-10-27(23)31)29(36)20-34(24-12-14-25(42-4)15-13-24)43(40,41)26-16-11-21(2)28(18-26)35(38)39/h7-16,18,22H,5-6,17,19-20H2,1-4H3,(H,32,37)/t22-/m1/s1. The van der Waals surface area contributed by atoms with Crippen molar-refractivity contribution in [2.45, 2.75) is 51.1 Å². The van der Waals surface area contributed by atoms with Gasteiger partial charge in [-0.25, -0.2) is 12.8 Å². The third kappa shape index (κ3) is 8.07. The number of nitrogens with one attached hydrogen (secondary N) is 1. The summed E-state index contributed by atoms with van der Waals surface area (Å²) in [6, 6.07) is 14.0. The summed E-state index contributed by atoms with van der Waals surface area (Å²) >= 11 is 0. The molecule has 1 N–H and O–H groups in total. The highest BCUT2D eigenvalue weighted by atomic mass is 32.2. The number of rotatable bonds is 14. The van der Waals surface area contributed by atoms with E-state index in [-0.39, 0.29) is 23.4 Å². The molecule has 0 saturated carbocycles. The van der Waals surface area contributed by atoms with Crippen molar-refractivity contribution < 1.29 is 32.1 Å². The first-order chi connectivity index (χ1) is 20.4. The summed E-state index contributed by atoms with van der Waals surface area (Å²) in [5.74, 6) is -1.43. The van der Waals surface area contributed by atoms with Crippen LogP contribution in [0.1, 0.15) is 37.8 Å². The highest BCUT2D eigenvalue weighted by molar-refractivity contribution is 7.92. The predicted octanol–water partition coefficient (Wildman–Crippen LogP) is 4.58. The van der Waals surface area contributed by atoms with E-state index in [1.807, 2.05) is 6.92 Å². The second-order valence-corrected chi connectivity index (χ2v) is 11.7. The number of methoxy groups -OCH3 is 1. The molecule has 3 rings (SSSR count). The van der Waals surface area contributed by atoms with Crippen LogP contribution in [-0.4, -0.2) is 56.3 Å². The highest BCUT2D eigenvalue weighted by Gasteiger charge is 2.33. The number of hydrogen-bond donors (Lipinski definition) is 1. The maximum Gasteiger partial charge on any atom is 0.273 e. The van der Waals surface area contributed by atoms with Crippen LogP contribution in [0, 0.1) is 22.9 Å². The minimum absolute atomic E-state index is 0.0725. The van der Waals surface area contributed by atoms with Crippen LogP contribution in [0.2, 0.25) is 0 Å². The maximum absolute atomic E-state index is 14.7. The Morgan fingerprint density at radius 3 is 2.37 bits per heavy atom. The number of ether oxygens (including phenoxy) is 1. The number of halogens is 1. The molecule has 1 atom stereocenters. The van der Waals surface area contributed by atoms with Gasteiger partial charge in [-0.1, -0.05) is 37.6 Å². The van der Waals surface area contributed by atoms with Crippen LogP contribution in [0.5, 0.6) is 5.75 Å². The van der Waals surface area contributed by atoms with Crippen LogP contribution >= 0.6 is 0 Å². The molecule has 3 aromatic rings. The molecule has 0 aromatic heterocycles. The van der Waals surface area contributed by atoms with Gasteiger partial charge in [-0.05, 0) is 56.7 Å². The third-order valence-corrected chi connectivity index (χ3v) is 8.67. The SMILES string of the molecule is CCCCNC(=O)[C@@H](C)N(Cc1ccccc1F)C(=O)CN(c1ccc(OC)cc1)S(=O)(=O)c1ccc(C)c([N+](=O)[O-])c1. The van der Waals surface area contributed by atoms with Crippen LogP contribution in [0.25, 0.3) is 0 Å². The summed E-state index contributed by atoms with van der Waals surface area (Å²) in [7, 11) is -3.12. The van der Waals surface area contributed by atoms with Crippen LogP contribution < -0.4 is 14.4 Å². The fourth-order valence-corrected chi connectivity index (χ4v) is 5.71. The van der Waals surface area contributed by atoms with Crippen molar-refractivity contribution >= 4 is 33.2 Å². The summed E-state index contributed by atoms with van der Waals surface area (Å²) in [5, 5.41) is 14.3. The Labute approximate surface area is 250 Å². The molecule has 11 nitrogen and oxygen atoms in total. The summed E-state index contributed by atoms with van der Waals surface area (Å²) in [5.41, 5.74) is 0.0657. The van der Waals surface area contributed by atoms with Crippen molar-refractivity contribution in [3.63, 3.8) is 0 Å². The van der Waals surface area contributed by atoms with E-state index in [1.54, 1.807) is 6.07 Å². The Hall–Kier alpha value is -4.52. The van der Waals surface area contributed by atoms with E-state index in [4.69, 9.17) is 4.74 Å². The molecule has 0 unspecified atom stereocenters. The van der Waals surface area contributed by atoms with Gasteiger partial charge in [0.2, 0.25) is 11.8 Å². The molecular formula is C30H35FN4O7S. The zero-order chi connectivity index (χ0) is 31.7. The van der Waals surface area contributed by atoms with E-state index >= 15 is 0 Å². The number of anilines is 1. The van der Waals surface area contributed by atoms with E-state index in [0.29, 0.717) is 18.7 Å². The monoisotopic (exact) mass is 614 g/mol. The molecule has 0 fully saturated rings. The van der Waals surface area contributed by atoms with E-state index in [2.05, 4.69) is 5.32 Å². The zero-order valence-corrected chi connectivity index (χ0v) is 25.3. The Balaban J connectivity index is 2.08. The molecule has 0 spiro atoms. The average Bonchev–Trinajstić information content (AvgIpc) is 2.99. The summed E-state index contributed by atoms with van der Waals surface area (Å²) < 4.78 is 48.6. The summed E-state index contributed by atoms with van der Waals surface area (Å²) in [6.07, 6.45) is 1.55. The molecule has 0 aliphatic heterocycles. The molecule has 0 heterocycles. The van der Waals surface area contributed by atoms with Gasteiger partial charge < -0.3 is 15.0 Å². The summed E-state index contributed by atoms with van der Waals surface area (Å²) in [6.45, 7) is 4.21. The number of sulfonamides is 1. The van der Waals surface area contributed by atoms with Crippen LogP contribution in [0.3, 0.4) is 0 Å². The van der Waals surface area contributed by atoms with Crippen molar-refractivity contribution in [2.75, 3.05) is 24.5 Å². The highest BCUT2D eigenvalue weighted by Crippen LogP contribution is 2.29. The molecule has 3 aromatic carbocycles. The minimum Gasteiger partial charge on any atom is -0.497 e. The first-order valence-electron chi connectivity index (χ1n) is 13.6. The zero-order valence-electron chi connectivity index (χ0n) is 24.4. The number of hydrogen-bond acceptors (Lipinski definition) is 7. The Kier molecular flexibility index (Phi) is 11.2. The molecule has 2 amide bonds. The van der Waals surface area contributed by atoms with Gasteiger partial charge in [-0.2, -0.15) is 0 Å². The minimum atomic E-state index is -4.55. The molecule has 13 heteroatoms. The van der Waals surface area contributed by atoms with Crippen molar-refractivity contribution in [2.24, 2.45) is 0 Å². The Morgan fingerprint density at radius 2 is 1.77 bits per heavy atom. The van der Waals surface area contributed by atoms with Crippen molar-refractivity contribution in [3.05, 3.63) is 93.8 Å². The second-order valence-electron chi connectivity index (χ2n) is 9.85. The van der Waals surface area contributed by atoms with Crippen molar-refractivity contribution in [3.8, 4) is 5.75 Å². The Morgan fingerprint density at radius 1 is 1.09 bits per heavy atom. The number of nitro benzene ring substituents is 1. The lowest BCUT2D eigenvalue weighted by Crippen LogP contribution is -2.51. The first-order valence-corrected chi connectivity index (χ1v) is 15.1. The molecule has 0 bridgehead atoms. The molecule has 0 radical (unpaired) electrons. The first kappa shape index (κ1) is 33.0. The predicted molar refractivity (Wildman–Crippen MR) is 160 cm³/mol. The van der Waals surface area contributed by atoms with E-state index in [0.717, 1.165) is 21.7 Å².